The third kappa shape index (κ3) is 4.47. The lowest BCUT2D eigenvalue weighted by Crippen LogP contribution is -2.24. The fourth-order valence-electron chi connectivity index (χ4n) is 3.71. The molecule has 8 nitrogen and oxygen atoms in total. The summed E-state index contributed by atoms with van der Waals surface area (Å²) < 4.78 is 21.6. The molecule has 1 fully saturated rings. The van der Waals surface area contributed by atoms with Gasteiger partial charge in [-0.2, -0.15) is 4.98 Å². The molecule has 4 rings (SSSR count). The third-order valence-electron chi connectivity index (χ3n) is 5.23. The Labute approximate surface area is 180 Å². The molecule has 0 radical (unpaired) electrons. The third-order valence-corrected chi connectivity index (χ3v) is 5.23. The van der Waals surface area contributed by atoms with Crippen molar-refractivity contribution in [3.8, 4) is 28.7 Å². The molecule has 8 heteroatoms. The van der Waals surface area contributed by atoms with Gasteiger partial charge in [-0.1, -0.05) is 17.3 Å². The summed E-state index contributed by atoms with van der Waals surface area (Å²) in [4.78, 5) is 18.9. The molecule has 0 bridgehead atoms. The minimum Gasteiger partial charge on any atom is -0.494 e. The van der Waals surface area contributed by atoms with Crippen LogP contribution in [0.15, 0.2) is 47.0 Å². The van der Waals surface area contributed by atoms with Gasteiger partial charge in [-0.25, -0.2) is 0 Å². The van der Waals surface area contributed by atoms with Crippen LogP contribution in [0.1, 0.15) is 30.7 Å². The molecule has 1 unspecified atom stereocenters. The van der Waals surface area contributed by atoms with E-state index in [1.807, 2.05) is 42.2 Å². The maximum Gasteiger partial charge on any atom is 0.258 e. The van der Waals surface area contributed by atoms with Crippen LogP contribution in [0.4, 0.5) is 0 Å². The first-order valence-electron chi connectivity index (χ1n) is 10.2. The molecular formula is C23H25N3O5. The van der Waals surface area contributed by atoms with Crippen LogP contribution in [0.5, 0.6) is 17.2 Å². The number of benzene rings is 2. The highest BCUT2D eigenvalue weighted by molar-refractivity contribution is 5.79. The van der Waals surface area contributed by atoms with Crippen LogP contribution in [0.3, 0.4) is 0 Å². The van der Waals surface area contributed by atoms with E-state index in [1.54, 1.807) is 26.4 Å². The molecule has 2 aromatic carbocycles. The van der Waals surface area contributed by atoms with Crippen LogP contribution in [-0.2, 0) is 11.3 Å². The molecule has 1 aliphatic rings. The van der Waals surface area contributed by atoms with Gasteiger partial charge in [0.05, 0.1) is 20.8 Å². The van der Waals surface area contributed by atoms with Crippen LogP contribution in [0.2, 0.25) is 0 Å². The van der Waals surface area contributed by atoms with E-state index in [0.29, 0.717) is 49.3 Å². The van der Waals surface area contributed by atoms with Crippen LogP contribution in [-0.4, -0.2) is 48.3 Å². The molecule has 1 atom stereocenters. The number of rotatable bonds is 8. The lowest BCUT2D eigenvalue weighted by Gasteiger charge is -2.16. The first kappa shape index (κ1) is 20.7. The first-order chi connectivity index (χ1) is 15.1. The Morgan fingerprint density at radius 2 is 1.97 bits per heavy atom. The Bertz CT molecular complexity index is 1060. The number of carbonyl (C=O) groups excluding carboxylic acids is 1. The molecule has 1 amide bonds. The van der Waals surface area contributed by atoms with Crippen molar-refractivity contribution >= 4 is 5.91 Å². The number of amides is 1. The monoisotopic (exact) mass is 423 g/mol. The van der Waals surface area contributed by atoms with Crippen molar-refractivity contribution in [1.29, 1.82) is 0 Å². The van der Waals surface area contributed by atoms with Crippen molar-refractivity contribution in [3.05, 3.63) is 53.9 Å². The smallest absolute Gasteiger partial charge is 0.258 e. The second-order valence-electron chi connectivity index (χ2n) is 7.28. The molecule has 31 heavy (non-hydrogen) atoms. The van der Waals surface area contributed by atoms with E-state index in [1.165, 1.54) is 0 Å². The summed E-state index contributed by atoms with van der Waals surface area (Å²) in [5, 5.41) is 4.13. The second kappa shape index (κ2) is 9.07. The van der Waals surface area contributed by atoms with Gasteiger partial charge in [-0.15, -0.1) is 0 Å². The number of hydrogen-bond donors (Lipinski definition) is 0. The SMILES string of the molecule is CCOc1cccc(CN2CC(c3noc(-c4ccc(OC)c(OC)c4)n3)CC2=O)c1. The molecule has 2 heterocycles. The Kier molecular flexibility index (Phi) is 6.06. The van der Waals surface area contributed by atoms with E-state index >= 15 is 0 Å². The van der Waals surface area contributed by atoms with Crippen LogP contribution >= 0.6 is 0 Å². The Hall–Kier alpha value is -3.55. The summed E-state index contributed by atoms with van der Waals surface area (Å²) in [5.74, 6) is 2.88. The van der Waals surface area contributed by atoms with Crippen LogP contribution < -0.4 is 14.2 Å². The molecule has 0 spiro atoms. The molecule has 1 saturated heterocycles. The standard InChI is InChI=1S/C23H25N3O5/c1-4-30-18-7-5-6-15(10-18)13-26-14-17(12-21(26)27)22-24-23(31-25-22)16-8-9-19(28-2)20(11-16)29-3/h5-11,17H,4,12-14H2,1-3H3. The lowest BCUT2D eigenvalue weighted by atomic mass is 10.1. The molecule has 0 aliphatic carbocycles. The van der Waals surface area contributed by atoms with E-state index in [-0.39, 0.29) is 11.8 Å². The number of nitrogens with zero attached hydrogens (tertiary/aromatic N) is 3. The van der Waals surface area contributed by atoms with Gasteiger partial charge < -0.3 is 23.6 Å². The van der Waals surface area contributed by atoms with Crippen molar-refractivity contribution in [3.63, 3.8) is 0 Å². The summed E-state index contributed by atoms with van der Waals surface area (Å²) in [6.07, 6.45) is 0.357. The van der Waals surface area contributed by atoms with Crippen molar-refractivity contribution < 1.29 is 23.5 Å². The minimum atomic E-state index is -0.111. The molecule has 3 aromatic rings. The average Bonchev–Trinajstić information content (AvgIpc) is 3.41. The number of aromatic nitrogens is 2. The zero-order valence-electron chi connectivity index (χ0n) is 17.8. The average molecular weight is 423 g/mol. The van der Waals surface area contributed by atoms with Gasteiger partial charge in [0.2, 0.25) is 5.91 Å². The fourth-order valence-corrected chi connectivity index (χ4v) is 3.71. The van der Waals surface area contributed by atoms with Crippen LogP contribution in [0, 0.1) is 0 Å². The molecule has 0 N–H and O–H groups in total. The summed E-state index contributed by atoms with van der Waals surface area (Å²) in [7, 11) is 3.15. The largest absolute Gasteiger partial charge is 0.494 e. The van der Waals surface area contributed by atoms with Gasteiger partial charge in [-0.3, -0.25) is 4.79 Å². The van der Waals surface area contributed by atoms with E-state index in [0.717, 1.165) is 16.9 Å². The fraction of sp³-hybridized carbons (Fsp3) is 0.348. The van der Waals surface area contributed by atoms with Gasteiger partial charge in [-0.05, 0) is 42.8 Å². The Morgan fingerprint density at radius 3 is 2.74 bits per heavy atom. The van der Waals surface area contributed by atoms with Crippen LogP contribution in [0.25, 0.3) is 11.5 Å². The van der Waals surface area contributed by atoms with E-state index < -0.39 is 0 Å². The summed E-state index contributed by atoms with van der Waals surface area (Å²) in [5.41, 5.74) is 1.75. The number of likely N-dealkylation sites (tertiary alicyclic amines) is 1. The first-order valence-corrected chi connectivity index (χ1v) is 10.2. The van der Waals surface area contributed by atoms with Gasteiger partial charge in [0.15, 0.2) is 17.3 Å². The molecule has 1 aliphatic heterocycles. The quantitative estimate of drug-likeness (QED) is 0.546. The van der Waals surface area contributed by atoms with Crippen molar-refractivity contribution in [2.75, 3.05) is 27.4 Å². The Balaban J connectivity index is 1.46. The minimum absolute atomic E-state index is 0.0734. The van der Waals surface area contributed by atoms with Crippen molar-refractivity contribution in [1.82, 2.24) is 15.0 Å². The number of methoxy groups -OCH3 is 2. The summed E-state index contributed by atoms with van der Waals surface area (Å²) in [6.45, 7) is 3.62. The van der Waals surface area contributed by atoms with Gasteiger partial charge in [0.25, 0.3) is 5.89 Å². The second-order valence-corrected chi connectivity index (χ2v) is 7.28. The molecule has 162 valence electrons. The van der Waals surface area contributed by atoms with E-state index in [4.69, 9.17) is 18.7 Å². The van der Waals surface area contributed by atoms with E-state index in [2.05, 4.69) is 10.1 Å². The van der Waals surface area contributed by atoms with Crippen molar-refractivity contribution in [2.45, 2.75) is 25.8 Å². The summed E-state index contributed by atoms with van der Waals surface area (Å²) in [6, 6.07) is 13.2. The lowest BCUT2D eigenvalue weighted by molar-refractivity contribution is -0.128. The molecule has 0 saturated carbocycles. The zero-order chi connectivity index (χ0) is 21.8. The van der Waals surface area contributed by atoms with Gasteiger partial charge in [0, 0.05) is 31.0 Å². The highest BCUT2D eigenvalue weighted by atomic mass is 16.5. The maximum absolute atomic E-state index is 12.6. The molecule has 1 aromatic heterocycles. The molecular weight excluding hydrogens is 398 g/mol. The zero-order valence-corrected chi connectivity index (χ0v) is 17.8. The van der Waals surface area contributed by atoms with Gasteiger partial charge >= 0.3 is 0 Å². The highest BCUT2D eigenvalue weighted by Crippen LogP contribution is 2.33. The van der Waals surface area contributed by atoms with Crippen molar-refractivity contribution in [2.24, 2.45) is 0 Å². The number of hydrogen-bond acceptors (Lipinski definition) is 7. The van der Waals surface area contributed by atoms with Gasteiger partial charge in [0.1, 0.15) is 5.75 Å². The number of ether oxygens (including phenoxy) is 3. The summed E-state index contributed by atoms with van der Waals surface area (Å²) >= 11 is 0. The predicted molar refractivity (Wildman–Crippen MR) is 113 cm³/mol. The number of carbonyl (C=O) groups is 1. The predicted octanol–water partition coefficient (Wildman–Crippen LogP) is 3.67. The maximum atomic E-state index is 12.6. The Morgan fingerprint density at radius 1 is 1.13 bits per heavy atom. The normalized spacial score (nSPS) is 15.9. The highest BCUT2D eigenvalue weighted by Gasteiger charge is 2.34. The van der Waals surface area contributed by atoms with E-state index in [9.17, 15) is 4.79 Å². The topological polar surface area (TPSA) is 86.9 Å².